The summed E-state index contributed by atoms with van der Waals surface area (Å²) in [4.78, 5) is 7.40. The molecule has 0 unspecified atom stereocenters. The Morgan fingerprint density at radius 1 is 0.917 bits per heavy atom. The molecule has 190 valence electrons. The Labute approximate surface area is 199 Å². The number of rotatable bonds is 5. The zero-order valence-electron chi connectivity index (χ0n) is 18.3. The van der Waals surface area contributed by atoms with Gasteiger partial charge in [0.05, 0.1) is 11.1 Å². The summed E-state index contributed by atoms with van der Waals surface area (Å²) >= 11 is 0. The highest BCUT2D eigenvalue weighted by Crippen LogP contribution is 2.35. The Balaban J connectivity index is 1.89. The minimum absolute atomic E-state index is 0.00824. The van der Waals surface area contributed by atoms with Gasteiger partial charge in [-0.25, -0.2) is 9.50 Å². The van der Waals surface area contributed by atoms with E-state index in [1.54, 1.807) is 0 Å². The van der Waals surface area contributed by atoms with E-state index in [0.717, 1.165) is 58.4 Å². The number of alkyl halides is 6. The quantitative estimate of drug-likeness (QED) is 0.273. The lowest BCUT2D eigenvalue weighted by atomic mass is 10.0. The van der Waals surface area contributed by atoms with Crippen LogP contribution in [-0.2, 0) is 26.8 Å². The van der Waals surface area contributed by atoms with Crippen molar-refractivity contribution >= 4 is 15.8 Å². The molecular formula is C21H15F6N5O3S. The molecule has 0 aliphatic heterocycles. The van der Waals surface area contributed by atoms with Gasteiger partial charge in [-0.2, -0.15) is 44.1 Å². The molecule has 0 bridgehead atoms. The summed E-state index contributed by atoms with van der Waals surface area (Å²) in [7, 11) is -2.04. The van der Waals surface area contributed by atoms with Crippen LogP contribution < -0.4 is 0 Å². The number of aromatic nitrogens is 4. The maximum atomic E-state index is 13.2. The predicted molar refractivity (Wildman–Crippen MR) is 114 cm³/mol. The first-order valence-corrected chi connectivity index (χ1v) is 11.3. The van der Waals surface area contributed by atoms with E-state index in [1.165, 1.54) is 20.2 Å². The Morgan fingerprint density at radius 3 is 2.22 bits per heavy atom. The molecule has 8 nitrogen and oxygen atoms in total. The fraction of sp³-hybridized carbons (Fsp3) is 0.190. The first-order chi connectivity index (χ1) is 16.6. The van der Waals surface area contributed by atoms with Crippen LogP contribution in [0.4, 0.5) is 26.3 Å². The number of pyridine rings is 2. The molecule has 3 aromatic heterocycles. The van der Waals surface area contributed by atoms with Gasteiger partial charge < -0.3 is 0 Å². The van der Waals surface area contributed by atoms with Crippen molar-refractivity contribution in [1.82, 2.24) is 24.6 Å². The number of hydrogen-bond donors (Lipinski definition) is 0. The van der Waals surface area contributed by atoms with Crippen LogP contribution in [0.2, 0.25) is 0 Å². The summed E-state index contributed by atoms with van der Waals surface area (Å²) in [6, 6.07) is 6.68. The molecule has 36 heavy (non-hydrogen) atoms. The van der Waals surface area contributed by atoms with Crippen molar-refractivity contribution in [3.63, 3.8) is 0 Å². The number of nitrogens with zero attached hydrogens (tertiary/aromatic N) is 5. The minimum Gasteiger partial charge on any atom is -0.251 e. The van der Waals surface area contributed by atoms with Crippen LogP contribution in [0.25, 0.3) is 28.3 Å². The molecule has 0 spiro atoms. The standard InChI is InChI=1S/C21H15F6N5O3S/c1-31(2)35-36(33,34)16-9-13(12-4-3-5-14(8-12)20(22,23)24)11-28-18(16)19-29-17-10-15(21(25,26)27)6-7-32(17)30-19/h3-11H,1-2H3. The van der Waals surface area contributed by atoms with Gasteiger partial charge in [-0.05, 0) is 35.9 Å². The van der Waals surface area contributed by atoms with Crippen molar-refractivity contribution in [3.8, 4) is 22.6 Å². The smallest absolute Gasteiger partial charge is 0.251 e. The molecule has 0 aliphatic rings. The summed E-state index contributed by atoms with van der Waals surface area (Å²) in [5.41, 5.74) is -2.53. The van der Waals surface area contributed by atoms with Gasteiger partial charge in [0.1, 0.15) is 10.6 Å². The topological polar surface area (TPSA) is 89.7 Å². The maximum absolute atomic E-state index is 13.2. The van der Waals surface area contributed by atoms with Gasteiger partial charge in [0.25, 0.3) is 0 Å². The third kappa shape index (κ3) is 5.17. The van der Waals surface area contributed by atoms with E-state index in [4.69, 9.17) is 4.28 Å². The van der Waals surface area contributed by atoms with E-state index in [2.05, 4.69) is 15.1 Å². The molecule has 0 aliphatic carbocycles. The number of benzene rings is 1. The Kier molecular flexibility index (Phi) is 6.26. The number of hydroxylamine groups is 2. The lowest BCUT2D eigenvalue weighted by molar-refractivity contribution is -0.138. The molecule has 0 saturated heterocycles. The first kappa shape index (κ1) is 25.5. The summed E-state index contributed by atoms with van der Waals surface area (Å²) in [6.45, 7) is 0. The van der Waals surface area contributed by atoms with Crippen molar-refractivity contribution in [2.24, 2.45) is 0 Å². The molecule has 0 fully saturated rings. The maximum Gasteiger partial charge on any atom is 0.416 e. The van der Waals surface area contributed by atoms with Crippen molar-refractivity contribution in [2.45, 2.75) is 17.2 Å². The van der Waals surface area contributed by atoms with Crippen molar-refractivity contribution < 1.29 is 39.0 Å². The van der Waals surface area contributed by atoms with E-state index in [9.17, 15) is 34.8 Å². The highest BCUT2D eigenvalue weighted by atomic mass is 32.2. The summed E-state index contributed by atoms with van der Waals surface area (Å²) < 4.78 is 110. The zero-order valence-corrected chi connectivity index (χ0v) is 19.1. The van der Waals surface area contributed by atoms with Crippen LogP contribution in [0, 0.1) is 0 Å². The van der Waals surface area contributed by atoms with Crippen LogP contribution in [0.1, 0.15) is 11.1 Å². The number of halogens is 6. The highest BCUT2D eigenvalue weighted by molar-refractivity contribution is 7.86. The molecule has 15 heteroatoms. The molecule has 1 aromatic carbocycles. The van der Waals surface area contributed by atoms with Gasteiger partial charge in [-0.15, -0.1) is 5.10 Å². The van der Waals surface area contributed by atoms with Crippen LogP contribution >= 0.6 is 0 Å². The third-order valence-corrected chi connectivity index (χ3v) is 6.11. The minimum atomic E-state index is -4.65. The summed E-state index contributed by atoms with van der Waals surface area (Å²) in [5.74, 6) is -0.342. The second-order valence-electron chi connectivity index (χ2n) is 7.64. The van der Waals surface area contributed by atoms with Gasteiger partial charge in [-0.3, -0.25) is 4.98 Å². The van der Waals surface area contributed by atoms with Crippen LogP contribution in [0.15, 0.2) is 59.8 Å². The second kappa shape index (κ2) is 8.83. The van der Waals surface area contributed by atoms with E-state index in [1.807, 2.05) is 0 Å². The molecule has 0 amide bonds. The first-order valence-electron chi connectivity index (χ1n) is 9.89. The summed E-state index contributed by atoms with van der Waals surface area (Å²) in [5, 5.41) is 4.87. The Morgan fingerprint density at radius 2 is 1.58 bits per heavy atom. The Hall–Kier alpha value is -3.56. The molecule has 4 aromatic rings. The molecular weight excluding hydrogens is 516 g/mol. The SMILES string of the molecule is CN(C)OS(=O)(=O)c1cc(-c2cccc(C(F)(F)F)c2)cnc1-c1nc2cc(C(F)(F)F)ccn2n1. The number of hydrogen-bond acceptors (Lipinski definition) is 7. The average molecular weight is 531 g/mol. The van der Waals surface area contributed by atoms with Gasteiger partial charge in [0.2, 0.25) is 5.82 Å². The van der Waals surface area contributed by atoms with E-state index in [-0.39, 0.29) is 28.3 Å². The summed E-state index contributed by atoms with van der Waals surface area (Å²) in [6.07, 6.45) is -7.18. The van der Waals surface area contributed by atoms with Crippen molar-refractivity contribution in [3.05, 3.63) is 66.0 Å². The van der Waals surface area contributed by atoms with Gasteiger partial charge in [0.15, 0.2) is 5.65 Å². The average Bonchev–Trinajstić information content (AvgIpc) is 3.20. The van der Waals surface area contributed by atoms with Gasteiger partial charge in [-0.1, -0.05) is 12.1 Å². The fourth-order valence-electron chi connectivity index (χ4n) is 3.23. The molecule has 0 saturated carbocycles. The third-order valence-electron chi connectivity index (χ3n) is 4.77. The van der Waals surface area contributed by atoms with Gasteiger partial charge in [0, 0.05) is 32.1 Å². The zero-order chi connectivity index (χ0) is 26.5. The fourth-order valence-corrected chi connectivity index (χ4v) is 4.36. The van der Waals surface area contributed by atoms with Crippen molar-refractivity contribution in [1.29, 1.82) is 0 Å². The second-order valence-corrected chi connectivity index (χ2v) is 9.14. The molecule has 4 rings (SSSR count). The normalized spacial score (nSPS) is 13.0. The van der Waals surface area contributed by atoms with Crippen molar-refractivity contribution in [2.75, 3.05) is 14.1 Å². The molecule has 0 radical (unpaired) electrons. The molecule has 3 heterocycles. The van der Waals surface area contributed by atoms with Gasteiger partial charge >= 0.3 is 22.5 Å². The van der Waals surface area contributed by atoms with Crippen LogP contribution in [-0.4, -0.2) is 47.2 Å². The van der Waals surface area contributed by atoms with E-state index >= 15 is 0 Å². The van der Waals surface area contributed by atoms with Crippen LogP contribution in [0.5, 0.6) is 0 Å². The van der Waals surface area contributed by atoms with E-state index in [0.29, 0.717) is 0 Å². The lowest BCUT2D eigenvalue weighted by Crippen LogP contribution is -2.20. The molecule has 0 atom stereocenters. The Bertz CT molecular complexity index is 1550. The molecule has 0 N–H and O–H groups in total. The largest absolute Gasteiger partial charge is 0.416 e. The number of fused-ring (bicyclic) bond motifs is 1. The highest BCUT2D eigenvalue weighted by Gasteiger charge is 2.32. The predicted octanol–water partition coefficient (Wildman–Crippen LogP) is 4.68. The lowest BCUT2D eigenvalue weighted by Gasteiger charge is -2.14. The monoisotopic (exact) mass is 531 g/mol. The van der Waals surface area contributed by atoms with Crippen LogP contribution in [0.3, 0.4) is 0 Å². The van der Waals surface area contributed by atoms with E-state index < -0.39 is 38.5 Å².